The molecule has 0 fully saturated rings. The number of hydrogen-bond acceptors (Lipinski definition) is 4. The van der Waals surface area contributed by atoms with Gasteiger partial charge in [0.25, 0.3) is 0 Å². The summed E-state index contributed by atoms with van der Waals surface area (Å²) in [6.45, 7) is 0. The summed E-state index contributed by atoms with van der Waals surface area (Å²) in [5.41, 5.74) is 0. The molecule has 1 aromatic heterocycles. The molecule has 1 rings (SSSR count). The fraction of sp³-hybridized carbons (Fsp3) is 0. The number of rotatable bonds is 1. The van der Waals surface area contributed by atoms with Gasteiger partial charge in [-0.25, -0.2) is 4.79 Å². The minimum atomic E-state index is -1.21. The molecule has 0 atom stereocenters. The molecule has 5 nitrogen and oxygen atoms in total. The Bertz CT molecular complexity index is 185. The molecule has 0 aliphatic heterocycles. The smallest absolute Gasteiger partial charge is 0.393 e. The first kappa shape index (κ1) is 9.25. The number of aromatic nitrogens is 2. The Balaban J connectivity index is 0.000000640. The van der Waals surface area contributed by atoms with Gasteiger partial charge in [-0.1, -0.05) is 0 Å². The molecule has 0 bridgehead atoms. The second-order valence-corrected chi connectivity index (χ2v) is 1.05. The van der Waals surface area contributed by atoms with Crippen LogP contribution in [-0.2, 0) is 0 Å². The Morgan fingerprint density at radius 2 is 2.44 bits per heavy atom. The maximum absolute atomic E-state index is 9.87. The van der Waals surface area contributed by atoms with Gasteiger partial charge < -0.3 is 9.52 Å². The molecule has 43 valence electrons. The Labute approximate surface area is 92.9 Å². The molecular weight excluding hydrogens is 151 g/mol. The summed E-state index contributed by atoms with van der Waals surface area (Å²) in [5, 5.41) is 14.3. The van der Waals surface area contributed by atoms with Crippen LogP contribution < -0.4 is 0 Å². The van der Waals surface area contributed by atoms with Gasteiger partial charge in [0.15, 0.2) is 0 Å². The van der Waals surface area contributed by atoms with Crippen LogP contribution in [0.5, 0.6) is 0 Å². The normalized spacial score (nSPS) is 8.00. The summed E-state index contributed by atoms with van der Waals surface area (Å²) in [6.07, 6.45) is 0.962. The van der Waals surface area contributed by atoms with E-state index in [2.05, 4.69) is 14.6 Å². The van der Waals surface area contributed by atoms with Crippen LogP contribution in [-0.4, -0.2) is 72.7 Å². The standard InChI is InChI=1S/C3H2N2O3.K/c6-3(7)2-5-4-1-8-2;/h1H,(H,6,7);. The van der Waals surface area contributed by atoms with E-state index in [9.17, 15) is 4.79 Å². The topological polar surface area (TPSA) is 76.2 Å². The molecule has 6 heteroatoms. The van der Waals surface area contributed by atoms with Gasteiger partial charge >= 0.3 is 11.9 Å². The number of aromatic carboxylic acids is 1. The van der Waals surface area contributed by atoms with Crippen LogP contribution in [0.4, 0.5) is 0 Å². The van der Waals surface area contributed by atoms with Gasteiger partial charge in [0.05, 0.1) is 0 Å². The molecule has 1 radical (unpaired) electrons. The minimum absolute atomic E-state index is 0. The van der Waals surface area contributed by atoms with Crippen LogP contribution in [0.15, 0.2) is 10.8 Å². The molecule has 0 aromatic carbocycles. The Hall–Kier alpha value is 0.246. The maximum Gasteiger partial charge on any atom is 0.393 e. The molecule has 1 N–H and O–H groups in total. The quantitative estimate of drug-likeness (QED) is 0.544. The molecule has 1 aromatic rings. The van der Waals surface area contributed by atoms with Crippen LogP contribution in [0.1, 0.15) is 10.7 Å². The van der Waals surface area contributed by atoms with Gasteiger partial charge in [0.2, 0.25) is 6.39 Å². The molecule has 0 amide bonds. The van der Waals surface area contributed by atoms with Gasteiger partial charge in [-0.05, 0) is 0 Å². The van der Waals surface area contributed by atoms with Crippen LogP contribution in [0.3, 0.4) is 0 Å². The minimum Gasteiger partial charge on any atom is -0.474 e. The van der Waals surface area contributed by atoms with Crippen molar-refractivity contribution >= 4 is 57.4 Å². The van der Waals surface area contributed by atoms with Crippen molar-refractivity contribution in [1.82, 2.24) is 10.2 Å². The Morgan fingerprint density at radius 3 is 2.67 bits per heavy atom. The number of carboxylic acid groups (broad SMARTS) is 1. The van der Waals surface area contributed by atoms with Crippen LogP contribution in [0, 0.1) is 0 Å². The zero-order valence-electron chi connectivity index (χ0n) is 4.74. The van der Waals surface area contributed by atoms with E-state index in [1.165, 1.54) is 0 Å². The molecular formula is C3H2KN2O3. The average Bonchev–Trinajstić information content (AvgIpc) is 2.12. The summed E-state index contributed by atoms with van der Waals surface area (Å²) in [7, 11) is 0. The van der Waals surface area contributed by atoms with Crippen molar-refractivity contribution in [3.05, 3.63) is 12.3 Å². The van der Waals surface area contributed by atoms with E-state index in [0.29, 0.717) is 0 Å². The van der Waals surface area contributed by atoms with Crippen molar-refractivity contribution < 1.29 is 14.3 Å². The van der Waals surface area contributed by atoms with E-state index in [1.54, 1.807) is 0 Å². The first-order valence-corrected chi connectivity index (χ1v) is 1.80. The fourth-order valence-corrected chi connectivity index (χ4v) is 0.266. The van der Waals surface area contributed by atoms with Gasteiger partial charge in [-0.3, -0.25) is 0 Å². The van der Waals surface area contributed by atoms with Crippen molar-refractivity contribution in [3.63, 3.8) is 0 Å². The first-order chi connectivity index (χ1) is 3.80. The average molecular weight is 153 g/mol. The van der Waals surface area contributed by atoms with E-state index in [4.69, 9.17) is 5.11 Å². The molecule has 0 saturated carbocycles. The predicted octanol–water partition coefficient (Wildman–Crippen LogP) is -0.613. The number of carbonyl (C=O) groups is 1. The van der Waals surface area contributed by atoms with E-state index in [0.717, 1.165) is 6.39 Å². The Kier molecular flexibility index (Phi) is 4.24. The van der Waals surface area contributed by atoms with Gasteiger partial charge in [0.1, 0.15) is 0 Å². The maximum atomic E-state index is 9.87. The second-order valence-electron chi connectivity index (χ2n) is 1.05. The summed E-state index contributed by atoms with van der Waals surface area (Å²) in [6, 6.07) is 0. The zero-order valence-corrected chi connectivity index (χ0v) is 7.86. The van der Waals surface area contributed by atoms with Crippen molar-refractivity contribution in [2.45, 2.75) is 0 Å². The van der Waals surface area contributed by atoms with Crippen LogP contribution >= 0.6 is 0 Å². The van der Waals surface area contributed by atoms with Crippen LogP contribution in [0.2, 0.25) is 0 Å². The summed E-state index contributed by atoms with van der Waals surface area (Å²) >= 11 is 0. The zero-order chi connectivity index (χ0) is 5.98. The number of carboxylic acids is 1. The van der Waals surface area contributed by atoms with Crippen molar-refractivity contribution in [2.75, 3.05) is 0 Å². The largest absolute Gasteiger partial charge is 0.474 e. The van der Waals surface area contributed by atoms with Crippen molar-refractivity contribution in [3.8, 4) is 0 Å². The van der Waals surface area contributed by atoms with Gasteiger partial charge in [-0.15, -0.1) is 10.2 Å². The van der Waals surface area contributed by atoms with E-state index < -0.39 is 5.97 Å². The first-order valence-electron chi connectivity index (χ1n) is 1.80. The summed E-state index contributed by atoms with van der Waals surface area (Å²) in [4.78, 5) is 9.87. The molecule has 0 aliphatic carbocycles. The van der Waals surface area contributed by atoms with Crippen molar-refractivity contribution in [2.24, 2.45) is 0 Å². The monoisotopic (exact) mass is 153 g/mol. The predicted molar refractivity (Wildman–Crippen MR) is 27.0 cm³/mol. The molecule has 9 heavy (non-hydrogen) atoms. The van der Waals surface area contributed by atoms with E-state index in [-0.39, 0.29) is 57.3 Å². The third kappa shape index (κ3) is 2.54. The fourth-order valence-electron chi connectivity index (χ4n) is 0.266. The number of hydrogen-bond donors (Lipinski definition) is 1. The number of nitrogens with zero attached hydrogens (tertiary/aromatic N) is 2. The molecule has 0 saturated heterocycles. The van der Waals surface area contributed by atoms with Crippen molar-refractivity contribution in [1.29, 1.82) is 0 Å². The summed E-state index contributed by atoms with van der Waals surface area (Å²) in [5.74, 6) is -1.59. The molecule has 0 aliphatic rings. The Morgan fingerprint density at radius 1 is 1.78 bits per heavy atom. The molecule has 0 spiro atoms. The third-order valence-electron chi connectivity index (χ3n) is 0.543. The van der Waals surface area contributed by atoms with E-state index >= 15 is 0 Å². The summed E-state index contributed by atoms with van der Waals surface area (Å²) < 4.78 is 4.27. The van der Waals surface area contributed by atoms with Gasteiger partial charge in [-0.2, -0.15) is 0 Å². The SMILES string of the molecule is O=C(O)c1nnco1.[K]. The van der Waals surface area contributed by atoms with E-state index in [1.807, 2.05) is 0 Å². The molecule has 0 unspecified atom stereocenters. The third-order valence-corrected chi connectivity index (χ3v) is 0.543. The molecule has 1 heterocycles. The van der Waals surface area contributed by atoms with Crippen LogP contribution in [0.25, 0.3) is 0 Å². The van der Waals surface area contributed by atoms with Gasteiger partial charge in [0, 0.05) is 51.4 Å². The second kappa shape index (κ2) is 4.12.